The Hall–Kier alpha value is -2.71. The number of ether oxygens (including phenoxy) is 2. The van der Waals surface area contributed by atoms with E-state index in [0.717, 1.165) is 73.8 Å². The first-order chi connectivity index (χ1) is 16.5. The maximum atomic E-state index is 14.0. The van der Waals surface area contributed by atoms with Crippen molar-refractivity contribution in [3.05, 3.63) is 36.2 Å². The third kappa shape index (κ3) is 4.03. The van der Waals surface area contributed by atoms with Crippen molar-refractivity contribution in [1.82, 2.24) is 9.97 Å². The van der Waals surface area contributed by atoms with Crippen LogP contribution in [0.2, 0.25) is 0 Å². The van der Waals surface area contributed by atoms with Gasteiger partial charge >= 0.3 is 0 Å². The zero-order valence-electron chi connectivity index (χ0n) is 19.9. The Labute approximate surface area is 200 Å². The van der Waals surface area contributed by atoms with Crippen molar-refractivity contribution in [3.63, 3.8) is 0 Å². The highest BCUT2D eigenvalue weighted by atomic mass is 16.5. The van der Waals surface area contributed by atoms with Crippen LogP contribution in [-0.2, 0) is 20.8 Å². The van der Waals surface area contributed by atoms with Crippen LogP contribution >= 0.6 is 0 Å². The summed E-state index contributed by atoms with van der Waals surface area (Å²) in [4.78, 5) is 27.6. The highest BCUT2D eigenvalue weighted by Crippen LogP contribution is 2.40. The molecule has 180 valence electrons. The molecule has 2 aromatic rings. The number of fused-ring (bicyclic) bond motifs is 4. The van der Waals surface area contributed by atoms with Gasteiger partial charge in [0, 0.05) is 30.3 Å². The molecule has 8 nitrogen and oxygen atoms in total. The molecule has 34 heavy (non-hydrogen) atoms. The van der Waals surface area contributed by atoms with Gasteiger partial charge in [-0.15, -0.1) is 0 Å². The first kappa shape index (κ1) is 21.8. The van der Waals surface area contributed by atoms with Crippen LogP contribution in [0.15, 0.2) is 30.6 Å². The number of carbonyl (C=O) groups is 1. The summed E-state index contributed by atoms with van der Waals surface area (Å²) in [7, 11) is 0. The number of aromatic nitrogens is 2. The Morgan fingerprint density at radius 2 is 2.09 bits per heavy atom. The summed E-state index contributed by atoms with van der Waals surface area (Å²) in [5.74, 6) is 1.90. The van der Waals surface area contributed by atoms with Crippen molar-refractivity contribution in [2.45, 2.75) is 76.9 Å². The van der Waals surface area contributed by atoms with E-state index < -0.39 is 0 Å². The molecule has 2 aromatic heterocycles. The second kappa shape index (κ2) is 8.82. The molecule has 0 aromatic carbocycles. The van der Waals surface area contributed by atoms with Crippen LogP contribution < -0.4 is 15.1 Å². The minimum absolute atomic E-state index is 0.00546. The van der Waals surface area contributed by atoms with Gasteiger partial charge in [-0.25, -0.2) is 9.97 Å². The first-order valence-corrected chi connectivity index (χ1v) is 12.6. The monoisotopic (exact) mass is 463 g/mol. The summed E-state index contributed by atoms with van der Waals surface area (Å²) >= 11 is 0. The molecular weight excluding hydrogens is 430 g/mol. The highest BCUT2D eigenvalue weighted by Gasteiger charge is 2.40. The molecule has 0 unspecified atom stereocenters. The fraction of sp³-hybridized carbons (Fsp3) is 0.577. The molecule has 2 bridgehead atoms. The van der Waals surface area contributed by atoms with E-state index in [2.05, 4.69) is 35.1 Å². The lowest BCUT2D eigenvalue weighted by Crippen LogP contribution is -2.39. The fourth-order valence-corrected chi connectivity index (χ4v) is 5.90. The molecule has 1 amide bonds. The molecular formula is C26H33N5O3. The Bertz CT molecular complexity index is 1070. The molecule has 0 spiro atoms. The molecule has 1 N–H and O–H groups in total. The quantitative estimate of drug-likeness (QED) is 0.733. The average Bonchev–Trinajstić information content (AvgIpc) is 3.43. The number of hydrogen-bond acceptors (Lipinski definition) is 7. The molecule has 0 radical (unpaired) electrons. The summed E-state index contributed by atoms with van der Waals surface area (Å²) in [5.41, 5.74) is 2.73. The van der Waals surface area contributed by atoms with Crippen LogP contribution in [0.5, 0.6) is 0 Å². The molecule has 5 heterocycles. The van der Waals surface area contributed by atoms with Crippen LogP contribution in [0.1, 0.15) is 51.5 Å². The van der Waals surface area contributed by atoms with Crippen LogP contribution in [0.25, 0.3) is 0 Å². The number of nitrogens with zero attached hydrogens (tertiary/aromatic N) is 4. The van der Waals surface area contributed by atoms with Gasteiger partial charge in [-0.1, -0.05) is 6.07 Å². The number of amides is 1. The second-order valence-corrected chi connectivity index (χ2v) is 10.3. The van der Waals surface area contributed by atoms with Gasteiger partial charge in [-0.3, -0.25) is 4.79 Å². The SMILES string of the molecule is CC(C)OC1CCC(C(=O)N2Cc3cccnc3Nc3cnc(N4C[C@@H]5C[C@H]4CO5)cc32)CC1. The molecule has 8 heteroatoms. The maximum Gasteiger partial charge on any atom is 0.230 e. The topological polar surface area (TPSA) is 79.8 Å². The van der Waals surface area contributed by atoms with E-state index >= 15 is 0 Å². The Balaban J connectivity index is 1.30. The number of carbonyl (C=O) groups excluding carboxylic acids is 1. The van der Waals surface area contributed by atoms with Crippen LogP contribution in [0, 0.1) is 5.92 Å². The smallest absolute Gasteiger partial charge is 0.230 e. The van der Waals surface area contributed by atoms with Crippen LogP contribution in [0.3, 0.4) is 0 Å². The van der Waals surface area contributed by atoms with Crippen molar-refractivity contribution >= 4 is 28.9 Å². The van der Waals surface area contributed by atoms with Gasteiger partial charge in [0.2, 0.25) is 5.91 Å². The lowest BCUT2D eigenvalue weighted by Gasteiger charge is -2.33. The van der Waals surface area contributed by atoms with Crippen LogP contribution in [0.4, 0.5) is 23.0 Å². The van der Waals surface area contributed by atoms with E-state index in [0.29, 0.717) is 12.6 Å². The minimum Gasteiger partial charge on any atom is -0.376 e. The predicted molar refractivity (Wildman–Crippen MR) is 130 cm³/mol. The van der Waals surface area contributed by atoms with Crippen molar-refractivity contribution in [3.8, 4) is 0 Å². The maximum absolute atomic E-state index is 14.0. The summed E-state index contributed by atoms with van der Waals surface area (Å²) in [5, 5.41) is 3.44. The van der Waals surface area contributed by atoms with Crippen molar-refractivity contribution < 1.29 is 14.3 Å². The summed E-state index contributed by atoms with van der Waals surface area (Å²) in [6.07, 6.45) is 9.05. The van der Waals surface area contributed by atoms with Gasteiger partial charge in [0.25, 0.3) is 0 Å². The number of hydrogen-bond donors (Lipinski definition) is 1. The van der Waals surface area contributed by atoms with Gasteiger partial charge in [0.15, 0.2) is 0 Å². The van der Waals surface area contributed by atoms with Gasteiger partial charge in [-0.05, 0) is 52.0 Å². The largest absolute Gasteiger partial charge is 0.376 e. The number of nitrogens with one attached hydrogen (secondary N) is 1. The number of pyridine rings is 2. The van der Waals surface area contributed by atoms with E-state index in [-0.39, 0.29) is 30.1 Å². The first-order valence-electron chi connectivity index (χ1n) is 12.6. The Morgan fingerprint density at radius 3 is 2.82 bits per heavy atom. The fourth-order valence-electron chi connectivity index (χ4n) is 5.90. The standard InChI is InChI=1S/C26H33N5O3/c1-16(2)34-20-7-5-17(6-8-20)26(32)31-13-18-4-3-9-27-25(18)29-22-12-28-24(11-23(22)31)30-14-21-10-19(30)15-33-21/h3-4,9,11-12,16-17,19-21H,5-8,10,13-15H2,1-2H3,(H,27,29)/t17?,19-,20?,21-/m0/s1. The number of anilines is 4. The lowest BCUT2D eigenvalue weighted by molar-refractivity contribution is -0.124. The summed E-state index contributed by atoms with van der Waals surface area (Å²) in [6.45, 7) is 6.27. The Morgan fingerprint density at radius 1 is 1.24 bits per heavy atom. The molecule has 3 fully saturated rings. The molecule has 1 saturated carbocycles. The number of rotatable bonds is 4. The minimum atomic E-state index is 0.00546. The van der Waals surface area contributed by atoms with E-state index in [1.165, 1.54) is 0 Å². The van der Waals surface area contributed by atoms with Crippen molar-refractivity contribution in [2.24, 2.45) is 5.92 Å². The predicted octanol–water partition coefficient (Wildman–Crippen LogP) is 4.03. The normalized spacial score (nSPS) is 27.9. The van der Waals surface area contributed by atoms with Crippen molar-refractivity contribution in [2.75, 3.05) is 28.3 Å². The van der Waals surface area contributed by atoms with E-state index in [4.69, 9.17) is 14.5 Å². The van der Waals surface area contributed by atoms with Gasteiger partial charge < -0.3 is 24.6 Å². The third-order valence-corrected chi connectivity index (χ3v) is 7.58. The molecule has 3 aliphatic heterocycles. The van der Waals surface area contributed by atoms with Gasteiger partial charge in [0.05, 0.1) is 55.1 Å². The average molecular weight is 464 g/mol. The lowest BCUT2D eigenvalue weighted by atomic mass is 9.86. The van der Waals surface area contributed by atoms with Gasteiger partial charge in [-0.2, -0.15) is 0 Å². The summed E-state index contributed by atoms with van der Waals surface area (Å²) in [6, 6.07) is 6.42. The molecule has 2 saturated heterocycles. The van der Waals surface area contributed by atoms with E-state index in [1.54, 1.807) is 6.20 Å². The van der Waals surface area contributed by atoms with Crippen LogP contribution in [-0.4, -0.2) is 53.4 Å². The Kier molecular flexibility index (Phi) is 5.65. The zero-order valence-corrected chi connectivity index (χ0v) is 19.9. The molecule has 4 aliphatic rings. The molecule has 6 rings (SSSR count). The molecule has 1 aliphatic carbocycles. The second-order valence-electron chi connectivity index (χ2n) is 10.3. The van der Waals surface area contributed by atoms with Gasteiger partial charge in [0.1, 0.15) is 11.6 Å². The van der Waals surface area contributed by atoms with E-state index in [9.17, 15) is 4.79 Å². The van der Waals surface area contributed by atoms with Crippen molar-refractivity contribution in [1.29, 1.82) is 0 Å². The zero-order chi connectivity index (χ0) is 23.2. The molecule has 2 atom stereocenters. The number of morpholine rings is 1. The van der Waals surface area contributed by atoms with E-state index in [1.807, 2.05) is 23.2 Å². The summed E-state index contributed by atoms with van der Waals surface area (Å²) < 4.78 is 11.8. The highest BCUT2D eigenvalue weighted by molar-refractivity contribution is 6.00. The third-order valence-electron chi connectivity index (χ3n) is 7.58.